The fourth-order valence-electron chi connectivity index (χ4n) is 0.749. The molecule has 0 saturated heterocycles. The second-order valence-corrected chi connectivity index (χ2v) is 3.95. The molecule has 62 valence electrons. The first kappa shape index (κ1) is 9.87. The van der Waals surface area contributed by atoms with Gasteiger partial charge in [-0.2, -0.15) is 0 Å². The molecule has 0 aliphatic heterocycles. The predicted octanol–water partition coefficient (Wildman–Crippen LogP) is 3.53. The molecule has 0 N–H and O–H groups in total. The molecule has 0 fully saturated rings. The van der Waals surface area contributed by atoms with Crippen LogP contribution < -0.4 is 0 Å². The van der Waals surface area contributed by atoms with E-state index in [0.717, 1.165) is 5.56 Å². The van der Waals surface area contributed by atoms with E-state index < -0.39 is 0 Å². The van der Waals surface area contributed by atoms with E-state index in [-0.39, 0.29) is 5.82 Å². The van der Waals surface area contributed by atoms with Crippen LogP contribution in [0.5, 0.6) is 0 Å². The van der Waals surface area contributed by atoms with E-state index in [9.17, 15) is 4.39 Å². The Morgan fingerprint density at radius 1 is 1.50 bits per heavy atom. The number of hydrogen-bond acceptors (Lipinski definition) is 1. The summed E-state index contributed by atoms with van der Waals surface area (Å²) in [5.74, 6) is 2.63. The third kappa shape index (κ3) is 2.68. The minimum atomic E-state index is -0.194. The smallest absolute Gasteiger partial charge is 0.127 e. The van der Waals surface area contributed by atoms with E-state index >= 15 is 0 Å². The minimum Gasteiger partial charge on any atom is -0.207 e. The zero-order valence-corrected chi connectivity index (χ0v) is 9.37. The van der Waals surface area contributed by atoms with Crippen molar-refractivity contribution < 1.29 is 4.39 Å². The molecule has 1 rings (SSSR count). The van der Waals surface area contributed by atoms with E-state index in [1.807, 2.05) is 6.07 Å². The van der Waals surface area contributed by atoms with Crippen LogP contribution in [-0.4, -0.2) is 0 Å². The average Bonchev–Trinajstić information content (AvgIpc) is 2.07. The maximum atomic E-state index is 12.9. The second-order valence-electron chi connectivity index (χ2n) is 2.27. The Hall–Kier alpha value is -0.210. The molecule has 0 nitrogen and oxygen atoms in total. The van der Waals surface area contributed by atoms with Gasteiger partial charge in [0.05, 0.1) is 0 Å². The lowest BCUT2D eigenvalue weighted by atomic mass is 10.1. The summed E-state index contributed by atoms with van der Waals surface area (Å²) >= 11 is 2.08. The van der Waals surface area contributed by atoms with Crippen LogP contribution in [0.15, 0.2) is 18.2 Å². The van der Waals surface area contributed by atoms with Crippen LogP contribution in [-0.2, 0) is 0 Å². The summed E-state index contributed by atoms with van der Waals surface area (Å²) in [7, 11) is 1.39. The molecule has 0 spiro atoms. The van der Waals surface area contributed by atoms with Gasteiger partial charge in [-0.05, 0) is 38.8 Å². The van der Waals surface area contributed by atoms with Gasteiger partial charge in [0.25, 0.3) is 0 Å². The topological polar surface area (TPSA) is 0 Å². The highest BCUT2D eigenvalue weighted by Gasteiger charge is 1.95. The summed E-state index contributed by atoms with van der Waals surface area (Å²) < 4.78 is 12.9. The van der Waals surface area contributed by atoms with Gasteiger partial charge in [-0.25, -0.2) is 4.39 Å². The Bertz CT molecular complexity index is 338. The van der Waals surface area contributed by atoms with Gasteiger partial charge in [-0.1, -0.05) is 12.0 Å². The van der Waals surface area contributed by atoms with Gasteiger partial charge >= 0.3 is 0 Å². The van der Waals surface area contributed by atoms with Crippen molar-refractivity contribution in [3.8, 4) is 11.2 Å². The highest BCUT2D eigenvalue weighted by molar-refractivity contribution is 14.2. The van der Waals surface area contributed by atoms with Crippen LogP contribution >= 0.6 is 30.1 Å². The Balaban J connectivity index is 2.97. The average molecular weight is 292 g/mol. The van der Waals surface area contributed by atoms with Crippen molar-refractivity contribution in [1.29, 1.82) is 0 Å². The largest absolute Gasteiger partial charge is 0.207 e. The Morgan fingerprint density at radius 2 is 2.25 bits per heavy atom. The monoisotopic (exact) mass is 292 g/mol. The summed E-state index contributed by atoms with van der Waals surface area (Å²) in [6, 6.07) is 5.00. The highest BCUT2D eigenvalue weighted by Crippen LogP contribution is 2.10. The molecule has 0 aliphatic rings. The molecule has 0 atom stereocenters. The molecular weight excluding hydrogens is 286 g/mol. The standard InChI is InChI=1S/C9H6FIS/c1-7-2-3-8(4-5-12-11)6-9(7)10/h2-3,6H,1H3. The van der Waals surface area contributed by atoms with Crippen LogP contribution in [0.25, 0.3) is 0 Å². The van der Waals surface area contributed by atoms with Gasteiger partial charge < -0.3 is 0 Å². The van der Waals surface area contributed by atoms with Gasteiger partial charge in [0.15, 0.2) is 0 Å². The molecule has 0 aromatic heterocycles. The van der Waals surface area contributed by atoms with Crippen molar-refractivity contribution in [3.05, 3.63) is 35.1 Å². The maximum Gasteiger partial charge on any atom is 0.127 e. The van der Waals surface area contributed by atoms with Crippen molar-refractivity contribution in [1.82, 2.24) is 0 Å². The quantitative estimate of drug-likeness (QED) is 0.521. The first-order chi connectivity index (χ1) is 5.74. The van der Waals surface area contributed by atoms with Crippen LogP contribution in [0.1, 0.15) is 11.1 Å². The van der Waals surface area contributed by atoms with Crippen LogP contribution in [0.3, 0.4) is 0 Å². The van der Waals surface area contributed by atoms with Gasteiger partial charge in [0.2, 0.25) is 0 Å². The number of rotatable bonds is 0. The number of aryl methyl sites for hydroxylation is 1. The van der Waals surface area contributed by atoms with Gasteiger partial charge in [0.1, 0.15) is 5.82 Å². The summed E-state index contributed by atoms with van der Waals surface area (Å²) in [4.78, 5) is 0. The molecule has 0 unspecified atom stereocenters. The lowest BCUT2D eigenvalue weighted by Crippen LogP contribution is -1.82. The van der Waals surface area contributed by atoms with E-state index in [2.05, 4.69) is 32.4 Å². The van der Waals surface area contributed by atoms with Crippen molar-refractivity contribution in [2.75, 3.05) is 0 Å². The van der Waals surface area contributed by atoms with Crippen molar-refractivity contribution >= 4 is 30.1 Å². The lowest BCUT2D eigenvalue weighted by molar-refractivity contribution is 0.618. The number of hydrogen-bond donors (Lipinski definition) is 0. The normalized spacial score (nSPS) is 8.92. The summed E-state index contributed by atoms with van der Waals surface area (Å²) in [5.41, 5.74) is 1.38. The fraction of sp³-hybridized carbons (Fsp3) is 0.111. The predicted molar refractivity (Wildman–Crippen MR) is 59.6 cm³/mol. The molecular formula is C9H6FIS. The summed E-state index contributed by atoms with van der Waals surface area (Å²) in [6.45, 7) is 1.74. The molecule has 0 amide bonds. The van der Waals surface area contributed by atoms with Crippen molar-refractivity contribution in [2.24, 2.45) is 0 Å². The van der Waals surface area contributed by atoms with Crippen LogP contribution in [0, 0.1) is 23.9 Å². The van der Waals surface area contributed by atoms with E-state index in [1.54, 1.807) is 13.0 Å². The Labute approximate surface area is 87.5 Å². The molecule has 0 saturated carbocycles. The highest BCUT2D eigenvalue weighted by atomic mass is 127. The molecule has 1 aromatic rings. The summed E-state index contributed by atoms with van der Waals surface area (Å²) in [6.07, 6.45) is 0. The van der Waals surface area contributed by atoms with Gasteiger partial charge in [-0.15, -0.1) is 0 Å². The molecule has 0 aliphatic carbocycles. The molecule has 1 aromatic carbocycles. The van der Waals surface area contributed by atoms with Gasteiger partial charge in [0, 0.05) is 26.8 Å². The second kappa shape index (κ2) is 4.73. The molecule has 12 heavy (non-hydrogen) atoms. The molecule has 0 heterocycles. The number of benzene rings is 1. The first-order valence-electron chi connectivity index (χ1n) is 3.29. The number of halogens is 2. The van der Waals surface area contributed by atoms with E-state index in [4.69, 9.17) is 0 Å². The third-order valence-electron chi connectivity index (χ3n) is 1.41. The van der Waals surface area contributed by atoms with E-state index in [1.165, 1.54) is 15.0 Å². The molecule has 0 radical (unpaired) electrons. The third-order valence-corrected chi connectivity index (χ3v) is 2.25. The Kier molecular flexibility index (Phi) is 3.89. The molecule has 0 bridgehead atoms. The maximum absolute atomic E-state index is 12.9. The Morgan fingerprint density at radius 3 is 2.83 bits per heavy atom. The van der Waals surface area contributed by atoms with E-state index in [0.29, 0.717) is 5.56 Å². The summed E-state index contributed by atoms with van der Waals surface area (Å²) in [5, 5.41) is 2.80. The lowest BCUT2D eigenvalue weighted by Gasteiger charge is -1.94. The minimum absolute atomic E-state index is 0.194. The first-order valence-corrected chi connectivity index (χ1v) is 6.64. The van der Waals surface area contributed by atoms with Gasteiger partial charge in [-0.3, -0.25) is 0 Å². The van der Waals surface area contributed by atoms with Crippen molar-refractivity contribution in [2.45, 2.75) is 6.92 Å². The zero-order chi connectivity index (χ0) is 8.97. The van der Waals surface area contributed by atoms with Crippen LogP contribution in [0.4, 0.5) is 4.39 Å². The van der Waals surface area contributed by atoms with Crippen molar-refractivity contribution in [3.63, 3.8) is 0 Å². The fourth-order valence-corrected chi connectivity index (χ4v) is 1.24. The van der Waals surface area contributed by atoms with Crippen LogP contribution in [0.2, 0.25) is 0 Å². The SMILES string of the molecule is Cc1ccc(C#CSI)cc1F. The molecule has 3 heteroatoms. The zero-order valence-electron chi connectivity index (χ0n) is 6.40.